The highest BCUT2D eigenvalue weighted by molar-refractivity contribution is 7.92. The molecule has 0 heterocycles. The van der Waals surface area contributed by atoms with Gasteiger partial charge in [0.25, 0.3) is 10.0 Å². The fourth-order valence-electron chi connectivity index (χ4n) is 2.33. The quantitative estimate of drug-likeness (QED) is 0.785. The summed E-state index contributed by atoms with van der Waals surface area (Å²) in [5.41, 5.74) is 0.220. The molecule has 2 rings (SSSR count). The van der Waals surface area contributed by atoms with Crippen LogP contribution in [-0.4, -0.2) is 14.3 Å². The number of sulfonamides is 1. The van der Waals surface area contributed by atoms with E-state index in [-0.39, 0.29) is 16.5 Å². The average Bonchev–Trinajstić information content (AvgIpc) is 2.58. The van der Waals surface area contributed by atoms with Crippen molar-refractivity contribution >= 4 is 27.3 Å². The lowest BCUT2D eigenvalue weighted by molar-refractivity contribution is -0.114. The molecular formula is C18H20F2N2O3S. The number of hydrogen-bond donors (Lipinski definition) is 2. The Morgan fingerprint density at radius 1 is 1.08 bits per heavy atom. The van der Waals surface area contributed by atoms with Crippen molar-refractivity contribution in [3.8, 4) is 0 Å². The predicted molar refractivity (Wildman–Crippen MR) is 96.6 cm³/mol. The van der Waals surface area contributed by atoms with Crippen molar-refractivity contribution in [1.82, 2.24) is 0 Å². The second-order valence-corrected chi connectivity index (χ2v) is 7.66. The third-order valence-electron chi connectivity index (χ3n) is 3.98. The highest BCUT2D eigenvalue weighted by Gasteiger charge is 2.19. The van der Waals surface area contributed by atoms with Crippen molar-refractivity contribution in [2.75, 3.05) is 10.0 Å². The minimum absolute atomic E-state index is 0.0469. The Bertz CT molecular complexity index is 913. The number of anilines is 2. The number of rotatable bonds is 6. The summed E-state index contributed by atoms with van der Waals surface area (Å²) in [4.78, 5) is 11.0. The van der Waals surface area contributed by atoms with Crippen LogP contribution in [0.2, 0.25) is 0 Å². The second kappa shape index (κ2) is 7.82. The molecule has 0 aliphatic rings. The van der Waals surface area contributed by atoms with Gasteiger partial charge in [0.15, 0.2) is 0 Å². The summed E-state index contributed by atoms with van der Waals surface area (Å²) < 4.78 is 54.6. The standard InChI is InChI=1S/C18H20F2N2O3S/c1-4-11(2)13-5-7-14(8-6-13)26(24,25)22-18-10-17(21-12(3)23)15(19)9-16(18)20/h5-11,22H,4H2,1-3H3,(H,21,23). The van der Waals surface area contributed by atoms with E-state index in [0.717, 1.165) is 25.0 Å². The van der Waals surface area contributed by atoms with Gasteiger partial charge >= 0.3 is 0 Å². The van der Waals surface area contributed by atoms with Crippen LogP contribution < -0.4 is 10.0 Å². The zero-order valence-electron chi connectivity index (χ0n) is 14.6. The van der Waals surface area contributed by atoms with Crippen molar-refractivity contribution in [3.63, 3.8) is 0 Å². The maximum Gasteiger partial charge on any atom is 0.261 e. The van der Waals surface area contributed by atoms with Gasteiger partial charge in [0.1, 0.15) is 11.6 Å². The highest BCUT2D eigenvalue weighted by atomic mass is 32.2. The monoisotopic (exact) mass is 382 g/mol. The third kappa shape index (κ3) is 4.57. The first-order valence-corrected chi connectivity index (χ1v) is 9.51. The van der Waals surface area contributed by atoms with Crippen LogP contribution in [0.5, 0.6) is 0 Å². The molecule has 2 aromatic rings. The largest absolute Gasteiger partial charge is 0.324 e. The van der Waals surface area contributed by atoms with E-state index in [2.05, 4.69) is 10.0 Å². The number of nitrogens with one attached hydrogen (secondary N) is 2. The van der Waals surface area contributed by atoms with Gasteiger partial charge in [-0.2, -0.15) is 0 Å². The summed E-state index contributed by atoms with van der Waals surface area (Å²) in [7, 11) is -4.07. The van der Waals surface area contributed by atoms with Gasteiger partial charge in [0.2, 0.25) is 5.91 Å². The van der Waals surface area contributed by atoms with E-state index in [4.69, 9.17) is 0 Å². The van der Waals surface area contributed by atoms with Gasteiger partial charge in [0, 0.05) is 13.0 Å². The van der Waals surface area contributed by atoms with Crippen LogP contribution >= 0.6 is 0 Å². The number of halogens is 2. The van der Waals surface area contributed by atoms with Crippen LogP contribution in [0.1, 0.15) is 38.7 Å². The molecule has 8 heteroatoms. The summed E-state index contributed by atoms with van der Waals surface area (Å²) in [5, 5.41) is 2.18. The number of benzene rings is 2. The van der Waals surface area contributed by atoms with Crippen molar-refractivity contribution < 1.29 is 22.0 Å². The summed E-state index contributed by atoms with van der Waals surface area (Å²) >= 11 is 0. The van der Waals surface area contributed by atoms with Crippen molar-refractivity contribution in [2.24, 2.45) is 0 Å². The topological polar surface area (TPSA) is 75.3 Å². The number of hydrogen-bond acceptors (Lipinski definition) is 3. The minimum atomic E-state index is -4.07. The summed E-state index contributed by atoms with van der Waals surface area (Å²) in [6.45, 7) is 5.21. The van der Waals surface area contributed by atoms with E-state index in [1.165, 1.54) is 12.1 Å². The summed E-state index contributed by atoms with van der Waals surface area (Å²) in [6, 6.07) is 7.67. The number of amides is 1. The molecule has 5 nitrogen and oxygen atoms in total. The molecule has 1 unspecified atom stereocenters. The summed E-state index contributed by atoms with van der Waals surface area (Å²) in [6.07, 6.45) is 0.914. The van der Waals surface area contributed by atoms with Crippen LogP contribution in [-0.2, 0) is 14.8 Å². The lowest BCUT2D eigenvalue weighted by Gasteiger charge is -2.13. The van der Waals surface area contributed by atoms with E-state index < -0.39 is 33.3 Å². The molecule has 26 heavy (non-hydrogen) atoms. The van der Waals surface area contributed by atoms with Crippen molar-refractivity contribution in [3.05, 3.63) is 53.6 Å². The molecule has 0 radical (unpaired) electrons. The van der Waals surface area contributed by atoms with Gasteiger partial charge in [0.05, 0.1) is 16.3 Å². The van der Waals surface area contributed by atoms with E-state index in [0.29, 0.717) is 6.07 Å². The maximum absolute atomic E-state index is 14.0. The van der Waals surface area contributed by atoms with Crippen LogP contribution in [0.3, 0.4) is 0 Å². The van der Waals surface area contributed by atoms with Gasteiger partial charge in [-0.1, -0.05) is 26.0 Å². The molecule has 0 aliphatic heterocycles. The minimum Gasteiger partial charge on any atom is -0.324 e. The van der Waals surface area contributed by atoms with E-state index >= 15 is 0 Å². The van der Waals surface area contributed by atoms with E-state index in [9.17, 15) is 22.0 Å². The Hall–Kier alpha value is -2.48. The summed E-state index contributed by atoms with van der Waals surface area (Å²) in [5.74, 6) is -2.37. The van der Waals surface area contributed by atoms with Crippen LogP contribution in [0.4, 0.5) is 20.2 Å². The fraction of sp³-hybridized carbons (Fsp3) is 0.278. The molecule has 0 bridgehead atoms. The Morgan fingerprint density at radius 2 is 1.65 bits per heavy atom. The molecule has 140 valence electrons. The van der Waals surface area contributed by atoms with Crippen LogP contribution in [0, 0.1) is 11.6 Å². The lowest BCUT2D eigenvalue weighted by Crippen LogP contribution is -2.15. The average molecular weight is 382 g/mol. The van der Waals surface area contributed by atoms with Gasteiger partial charge in [-0.25, -0.2) is 17.2 Å². The first-order chi connectivity index (χ1) is 12.1. The molecule has 2 aromatic carbocycles. The second-order valence-electron chi connectivity index (χ2n) is 5.98. The molecule has 0 saturated heterocycles. The molecule has 1 amide bonds. The molecule has 1 atom stereocenters. The molecule has 0 saturated carbocycles. The first-order valence-electron chi connectivity index (χ1n) is 8.03. The predicted octanol–water partition coefficient (Wildman–Crippen LogP) is 4.24. The van der Waals surface area contributed by atoms with Gasteiger partial charge in [-0.05, 0) is 36.1 Å². The molecular weight excluding hydrogens is 362 g/mol. The van der Waals surface area contributed by atoms with Gasteiger partial charge in [-0.3, -0.25) is 9.52 Å². The smallest absolute Gasteiger partial charge is 0.261 e. The normalized spacial score (nSPS) is 12.5. The van der Waals surface area contributed by atoms with Gasteiger partial charge < -0.3 is 5.32 Å². The molecule has 0 aliphatic carbocycles. The molecule has 0 fully saturated rings. The van der Waals surface area contributed by atoms with Gasteiger partial charge in [-0.15, -0.1) is 0 Å². The fourth-order valence-corrected chi connectivity index (χ4v) is 3.39. The highest BCUT2D eigenvalue weighted by Crippen LogP contribution is 2.27. The lowest BCUT2D eigenvalue weighted by atomic mass is 9.99. The Balaban J connectivity index is 2.33. The molecule has 0 aromatic heterocycles. The van der Waals surface area contributed by atoms with Crippen LogP contribution in [0.15, 0.2) is 41.3 Å². The Kier molecular flexibility index (Phi) is 5.97. The molecule has 0 spiro atoms. The number of carbonyl (C=O) groups is 1. The van der Waals surface area contributed by atoms with E-state index in [1.54, 1.807) is 12.1 Å². The zero-order chi connectivity index (χ0) is 19.5. The first kappa shape index (κ1) is 19.8. The maximum atomic E-state index is 14.0. The zero-order valence-corrected chi connectivity index (χ0v) is 15.5. The van der Waals surface area contributed by atoms with E-state index in [1.807, 2.05) is 13.8 Å². The van der Waals surface area contributed by atoms with Crippen molar-refractivity contribution in [2.45, 2.75) is 38.0 Å². The van der Waals surface area contributed by atoms with Crippen LogP contribution in [0.25, 0.3) is 0 Å². The van der Waals surface area contributed by atoms with Crippen molar-refractivity contribution in [1.29, 1.82) is 0 Å². The number of carbonyl (C=O) groups excluding carboxylic acids is 1. The Morgan fingerprint density at radius 3 is 2.19 bits per heavy atom. The Labute approximate surface area is 151 Å². The third-order valence-corrected chi connectivity index (χ3v) is 5.36. The molecule has 2 N–H and O–H groups in total. The SMILES string of the molecule is CCC(C)c1ccc(S(=O)(=O)Nc2cc(NC(C)=O)c(F)cc2F)cc1.